The lowest BCUT2D eigenvalue weighted by molar-refractivity contribution is -0.141. The van der Waals surface area contributed by atoms with Crippen LogP contribution in [0.2, 0.25) is 0 Å². The van der Waals surface area contributed by atoms with E-state index >= 15 is 0 Å². The smallest absolute Gasteiger partial charge is 0.325 e. The number of rotatable bonds is 7. The molecular formula is C10H14N2O4S. The number of carboxylic acid groups (broad SMARTS) is 1. The van der Waals surface area contributed by atoms with Gasteiger partial charge in [-0.3, -0.25) is 9.59 Å². The first-order valence-corrected chi connectivity index (χ1v) is 6.05. The monoisotopic (exact) mass is 258 g/mol. The second kappa shape index (κ2) is 6.85. The molecule has 0 aliphatic carbocycles. The van der Waals surface area contributed by atoms with Crippen LogP contribution in [0.5, 0.6) is 0 Å². The number of anilines is 1. The van der Waals surface area contributed by atoms with Gasteiger partial charge >= 0.3 is 11.9 Å². The van der Waals surface area contributed by atoms with E-state index in [0.29, 0.717) is 23.9 Å². The fraction of sp³-hybridized carbons (Fsp3) is 0.500. The summed E-state index contributed by atoms with van der Waals surface area (Å²) in [6, 6.07) is 0. The highest BCUT2D eigenvalue weighted by Crippen LogP contribution is 2.16. The Kier molecular flexibility index (Phi) is 5.41. The molecule has 7 heteroatoms. The molecule has 0 saturated carbocycles. The number of nitrogens with one attached hydrogen (secondary N) is 1. The lowest BCUT2D eigenvalue weighted by atomic mass is 10.2. The number of aromatic nitrogens is 1. The maximum Gasteiger partial charge on any atom is 0.325 e. The van der Waals surface area contributed by atoms with E-state index in [1.165, 1.54) is 11.3 Å². The molecule has 0 bridgehead atoms. The normalized spacial score (nSPS) is 9.94. The van der Waals surface area contributed by atoms with Crippen LogP contribution >= 0.6 is 11.3 Å². The zero-order valence-corrected chi connectivity index (χ0v) is 10.2. The number of carbonyl (C=O) groups is 2. The van der Waals surface area contributed by atoms with E-state index in [4.69, 9.17) is 9.84 Å². The van der Waals surface area contributed by atoms with Crippen LogP contribution in [-0.2, 0) is 20.7 Å². The molecule has 1 heterocycles. The predicted molar refractivity (Wildman–Crippen MR) is 63.2 cm³/mol. The van der Waals surface area contributed by atoms with E-state index in [9.17, 15) is 9.59 Å². The minimum absolute atomic E-state index is 0.0566. The fourth-order valence-electron chi connectivity index (χ4n) is 1.10. The fourth-order valence-corrected chi connectivity index (χ4v) is 1.84. The summed E-state index contributed by atoms with van der Waals surface area (Å²) < 4.78 is 4.75. The van der Waals surface area contributed by atoms with E-state index in [-0.39, 0.29) is 18.9 Å². The quantitative estimate of drug-likeness (QED) is 0.713. The zero-order valence-electron chi connectivity index (χ0n) is 9.43. The molecule has 0 unspecified atom stereocenters. The van der Waals surface area contributed by atoms with Crippen LogP contribution in [0, 0.1) is 0 Å². The van der Waals surface area contributed by atoms with E-state index in [0.717, 1.165) is 0 Å². The van der Waals surface area contributed by atoms with Gasteiger partial charge in [-0.05, 0) is 6.92 Å². The zero-order chi connectivity index (χ0) is 12.7. The summed E-state index contributed by atoms with van der Waals surface area (Å²) in [4.78, 5) is 25.6. The van der Waals surface area contributed by atoms with Gasteiger partial charge in [-0.25, -0.2) is 4.98 Å². The number of ether oxygens (including phenoxy) is 1. The number of hydrogen-bond donors (Lipinski definition) is 2. The molecular weight excluding hydrogens is 244 g/mol. The Labute approximate surface area is 103 Å². The van der Waals surface area contributed by atoms with Crippen molar-refractivity contribution in [2.24, 2.45) is 0 Å². The molecule has 0 aliphatic heterocycles. The molecule has 0 radical (unpaired) electrons. The first-order valence-electron chi connectivity index (χ1n) is 5.17. The molecule has 0 atom stereocenters. The third-order valence-electron chi connectivity index (χ3n) is 1.84. The van der Waals surface area contributed by atoms with Gasteiger partial charge in [0, 0.05) is 11.8 Å². The number of thiazole rings is 1. The summed E-state index contributed by atoms with van der Waals surface area (Å²) in [5.74, 6) is -1.19. The third kappa shape index (κ3) is 5.30. The Bertz CT molecular complexity index is 391. The molecule has 0 fully saturated rings. The Morgan fingerprint density at radius 2 is 2.35 bits per heavy atom. The van der Waals surface area contributed by atoms with Crippen molar-refractivity contribution in [1.29, 1.82) is 0 Å². The molecule has 0 aromatic carbocycles. The van der Waals surface area contributed by atoms with Crippen molar-refractivity contribution in [2.75, 3.05) is 18.5 Å². The maximum atomic E-state index is 11.1. The lowest BCUT2D eigenvalue weighted by Crippen LogP contribution is -2.16. The predicted octanol–water partition coefficient (Wildman–Crippen LogP) is 1.14. The molecule has 17 heavy (non-hydrogen) atoms. The molecule has 1 rings (SSSR count). The van der Waals surface area contributed by atoms with Crippen molar-refractivity contribution < 1.29 is 19.4 Å². The van der Waals surface area contributed by atoms with Gasteiger partial charge in [0.05, 0.1) is 18.7 Å². The minimum Gasteiger partial charge on any atom is -0.481 e. The molecule has 0 saturated heterocycles. The van der Waals surface area contributed by atoms with Crippen molar-refractivity contribution in [3.8, 4) is 0 Å². The molecule has 0 spiro atoms. The summed E-state index contributed by atoms with van der Waals surface area (Å²) in [5, 5.41) is 13.7. The van der Waals surface area contributed by atoms with Crippen LogP contribution in [0.25, 0.3) is 0 Å². The van der Waals surface area contributed by atoms with Crippen LogP contribution in [0.15, 0.2) is 5.38 Å². The Hall–Kier alpha value is -1.63. The molecule has 1 aromatic heterocycles. The number of esters is 1. The maximum absolute atomic E-state index is 11.1. The van der Waals surface area contributed by atoms with Gasteiger partial charge in [0.2, 0.25) is 0 Å². The molecule has 94 valence electrons. The summed E-state index contributed by atoms with van der Waals surface area (Å²) >= 11 is 1.34. The second-order valence-electron chi connectivity index (χ2n) is 3.20. The molecule has 0 amide bonds. The number of carboxylic acids is 1. The molecule has 2 N–H and O–H groups in total. The van der Waals surface area contributed by atoms with Crippen LogP contribution in [-0.4, -0.2) is 35.2 Å². The van der Waals surface area contributed by atoms with Gasteiger partial charge in [0.25, 0.3) is 0 Å². The Morgan fingerprint density at radius 1 is 1.59 bits per heavy atom. The molecule has 6 nitrogen and oxygen atoms in total. The lowest BCUT2D eigenvalue weighted by Gasteiger charge is -2.01. The topological polar surface area (TPSA) is 88.5 Å². The minimum atomic E-state index is -0.848. The van der Waals surface area contributed by atoms with Crippen molar-refractivity contribution in [2.45, 2.75) is 19.8 Å². The average molecular weight is 258 g/mol. The van der Waals surface area contributed by atoms with E-state index in [1.54, 1.807) is 12.3 Å². The Morgan fingerprint density at radius 3 is 3.00 bits per heavy atom. The largest absolute Gasteiger partial charge is 0.481 e. The summed E-state index contributed by atoms with van der Waals surface area (Å²) in [7, 11) is 0. The Balaban J connectivity index is 2.35. The van der Waals surface area contributed by atoms with Gasteiger partial charge in [0.1, 0.15) is 6.54 Å². The van der Waals surface area contributed by atoms with Crippen LogP contribution in [0.1, 0.15) is 19.0 Å². The van der Waals surface area contributed by atoms with Gasteiger partial charge in [-0.15, -0.1) is 11.3 Å². The summed E-state index contributed by atoms with van der Waals surface area (Å²) in [6.45, 7) is 2.16. The van der Waals surface area contributed by atoms with Crippen molar-refractivity contribution >= 4 is 28.4 Å². The highest BCUT2D eigenvalue weighted by atomic mass is 32.1. The summed E-state index contributed by atoms with van der Waals surface area (Å²) in [5.41, 5.74) is 0.712. The first kappa shape index (κ1) is 13.4. The number of aliphatic carboxylic acids is 1. The van der Waals surface area contributed by atoms with E-state index in [2.05, 4.69) is 10.3 Å². The van der Waals surface area contributed by atoms with Crippen LogP contribution in [0.4, 0.5) is 5.13 Å². The van der Waals surface area contributed by atoms with Gasteiger partial charge < -0.3 is 15.2 Å². The standard InChI is InChI=1S/C10H14N2O4S/c1-2-16-9(15)5-11-10-12-7(6-17-10)3-4-8(13)14/h6H,2-5H2,1H3,(H,11,12)(H,13,14). The number of carbonyl (C=O) groups excluding carboxylic acids is 1. The highest BCUT2D eigenvalue weighted by molar-refractivity contribution is 7.13. The molecule has 0 aliphatic rings. The van der Waals surface area contributed by atoms with E-state index < -0.39 is 5.97 Å². The van der Waals surface area contributed by atoms with Crippen molar-refractivity contribution in [3.05, 3.63) is 11.1 Å². The first-order chi connectivity index (χ1) is 8.11. The SMILES string of the molecule is CCOC(=O)CNc1nc(CCC(=O)O)cs1. The van der Waals surface area contributed by atoms with Crippen molar-refractivity contribution in [3.63, 3.8) is 0 Å². The summed E-state index contributed by atoms with van der Waals surface area (Å²) in [6.07, 6.45) is 0.452. The second-order valence-corrected chi connectivity index (χ2v) is 4.05. The van der Waals surface area contributed by atoms with Gasteiger partial charge in [-0.2, -0.15) is 0 Å². The average Bonchev–Trinajstić information content (AvgIpc) is 2.72. The van der Waals surface area contributed by atoms with Crippen LogP contribution in [0.3, 0.4) is 0 Å². The van der Waals surface area contributed by atoms with Gasteiger partial charge in [-0.1, -0.05) is 0 Å². The third-order valence-corrected chi connectivity index (χ3v) is 2.68. The number of nitrogens with zero attached hydrogens (tertiary/aromatic N) is 1. The van der Waals surface area contributed by atoms with Gasteiger partial charge in [0.15, 0.2) is 5.13 Å². The van der Waals surface area contributed by atoms with E-state index in [1.807, 2.05) is 0 Å². The number of aryl methyl sites for hydroxylation is 1. The highest BCUT2D eigenvalue weighted by Gasteiger charge is 2.06. The van der Waals surface area contributed by atoms with Crippen LogP contribution < -0.4 is 5.32 Å². The molecule has 1 aromatic rings. The van der Waals surface area contributed by atoms with Crippen molar-refractivity contribution in [1.82, 2.24) is 4.98 Å². The number of hydrogen-bond acceptors (Lipinski definition) is 6.